The van der Waals surface area contributed by atoms with Gasteiger partial charge < -0.3 is 14.8 Å². The van der Waals surface area contributed by atoms with E-state index in [9.17, 15) is 14.0 Å². The number of hydrogen-bond donors (Lipinski definition) is 1. The summed E-state index contributed by atoms with van der Waals surface area (Å²) in [7, 11) is 1.80. The molecule has 1 saturated heterocycles. The Morgan fingerprint density at radius 3 is 2.78 bits per heavy atom. The SMILES string of the molecule is Cc1cccc(-c2sc(C)nc2C(=O)N2[C@H](CNC(=O)c3cc4cc(F)ccc4n3C)C[C@@H]3C[C@@H]32)c1. The number of benzene rings is 2. The van der Waals surface area contributed by atoms with Crippen LogP contribution in [0.25, 0.3) is 21.3 Å². The lowest BCUT2D eigenvalue weighted by atomic mass is 10.1. The largest absolute Gasteiger partial charge is 0.349 e. The van der Waals surface area contributed by atoms with Crippen LogP contribution < -0.4 is 5.32 Å². The average molecular weight is 503 g/mol. The van der Waals surface area contributed by atoms with E-state index in [2.05, 4.69) is 16.4 Å². The van der Waals surface area contributed by atoms with Crippen LogP contribution in [0, 0.1) is 25.6 Å². The molecule has 1 N–H and O–H groups in total. The molecule has 0 bridgehead atoms. The molecule has 2 aliphatic rings. The Morgan fingerprint density at radius 1 is 1.14 bits per heavy atom. The Bertz CT molecular complexity index is 1520. The molecule has 3 heterocycles. The molecule has 0 spiro atoms. The number of likely N-dealkylation sites (tertiary alicyclic amines) is 1. The highest BCUT2D eigenvalue weighted by Gasteiger charge is 2.54. The zero-order valence-corrected chi connectivity index (χ0v) is 21.2. The predicted octanol–water partition coefficient (Wildman–Crippen LogP) is 5.09. The van der Waals surface area contributed by atoms with Crippen molar-refractivity contribution in [1.29, 1.82) is 0 Å². The minimum Gasteiger partial charge on any atom is -0.349 e. The van der Waals surface area contributed by atoms with E-state index in [1.807, 2.05) is 36.9 Å². The van der Waals surface area contributed by atoms with Gasteiger partial charge in [-0.3, -0.25) is 9.59 Å². The molecule has 184 valence electrons. The molecule has 2 aromatic heterocycles. The number of carbonyl (C=O) groups is 2. The van der Waals surface area contributed by atoms with Crippen LogP contribution >= 0.6 is 11.3 Å². The maximum absolute atomic E-state index is 13.8. The van der Waals surface area contributed by atoms with Crippen LogP contribution in [0.15, 0.2) is 48.5 Å². The molecule has 1 aliphatic heterocycles. The number of nitrogens with one attached hydrogen (secondary N) is 1. The van der Waals surface area contributed by atoms with Gasteiger partial charge in [0.25, 0.3) is 11.8 Å². The topological polar surface area (TPSA) is 67.2 Å². The van der Waals surface area contributed by atoms with Crippen molar-refractivity contribution in [3.8, 4) is 10.4 Å². The smallest absolute Gasteiger partial charge is 0.274 e. The van der Waals surface area contributed by atoms with Crippen LogP contribution in [0.3, 0.4) is 0 Å². The molecule has 36 heavy (non-hydrogen) atoms. The molecule has 6 rings (SSSR count). The Labute approximate surface area is 212 Å². The Kier molecular flexibility index (Phi) is 5.44. The summed E-state index contributed by atoms with van der Waals surface area (Å²) in [6.07, 6.45) is 1.88. The third kappa shape index (κ3) is 3.89. The summed E-state index contributed by atoms with van der Waals surface area (Å²) < 4.78 is 15.4. The first-order chi connectivity index (χ1) is 17.3. The minimum atomic E-state index is -0.332. The molecule has 1 aliphatic carbocycles. The van der Waals surface area contributed by atoms with Gasteiger partial charge in [0.2, 0.25) is 0 Å². The van der Waals surface area contributed by atoms with Crippen molar-refractivity contribution in [2.75, 3.05) is 6.54 Å². The summed E-state index contributed by atoms with van der Waals surface area (Å²) in [5, 5.41) is 4.57. The van der Waals surface area contributed by atoms with Crippen molar-refractivity contribution >= 4 is 34.1 Å². The highest BCUT2D eigenvalue weighted by Crippen LogP contribution is 2.48. The fourth-order valence-corrected chi connectivity index (χ4v) is 6.48. The molecule has 3 atom stereocenters. The van der Waals surface area contributed by atoms with Gasteiger partial charge in [0.1, 0.15) is 17.2 Å². The average Bonchev–Trinajstić information content (AvgIpc) is 3.18. The quantitative estimate of drug-likeness (QED) is 0.413. The summed E-state index contributed by atoms with van der Waals surface area (Å²) in [5.41, 5.74) is 3.91. The van der Waals surface area contributed by atoms with Crippen LogP contribution in [-0.4, -0.2) is 44.9 Å². The van der Waals surface area contributed by atoms with Crippen LogP contribution in [-0.2, 0) is 7.05 Å². The van der Waals surface area contributed by atoms with Gasteiger partial charge in [0.05, 0.1) is 15.9 Å². The number of nitrogens with zero attached hydrogens (tertiary/aromatic N) is 3. The van der Waals surface area contributed by atoms with Crippen LogP contribution in [0.1, 0.15) is 44.4 Å². The van der Waals surface area contributed by atoms with E-state index < -0.39 is 0 Å². The monoisotopic (exact) mass is 502 g/mol. The van der Waals surface area contributed by atoms with Gasteiger partial charge in [-0.25, -0.2) is 9.37 Å². The van der Waals surface area contributed by atoms with Crippen LogP contribution in [0.4, 0.5) is 4.39 Å². The molecule has 6 nitrogen and oxygen atoms in total. The second-order valence-corrected chi connectivity index (χ2v) is 11.2. The molecule has 2 aromatic carbocycles. The predicted molar refractivity (Wildman–Crippen MR) is 139 cm³/mol. The lowest BCUT2D eigenvalue weighted by Crippen LogP contribution is -2.45. The van der Waals surface area contributed by atoms with Crippen LogP contribution in [0.5, 0.6) is 0 Å². The van der Waals surface area contributed by atoms with E-state index in [0.717, 1.165) is 39.4 Å². The normalized spacial score (nSPS) is 20.6. The van der Waals surface area contributed by atoms with Crippen molar-refractivity contribution in [2.45, 2.75) is 38.8 Å². The number of aryl methyl sites for hydroxylation is 3. The second-order valence-electron chi connectivity index (χ2n) is 9.95. The van der Waals surface area contributed by atoms with Gasteiger partial charge in [-0.05, 0) is 62.4 Å². The van der Waals surface area contributed by atoms with Gasteiger partial charge in [-0.15, -0.1) is 11.3 Å². The first-order valence-corrected chi connectivity index (χ1v) is 13.0. The highest BCUT2D eigenvalue weighted by molar-refractivity contribution is 7.15. The van der Waals surface area contributed by atoms with E-state index in [1.54, 1.807) is 35.1 Å². The van der Waals surface area contributed by atoms with Crippen molar-refractivity contribution in [1.82, 2.24) is 19.8 Å². The van der Waals surface area contributed by atoms with E-state index in [0.29, 0.717) is 29.2 Å². The summed E-state index contributed by atoms with van der Waals surface area (Å²) in [6, 6.07) is 14.5. The standard InChI is InChI=1S/C28H27FN4O2S/c1-15-5-4-6-17(9-15)26-25(31-16(2)36-26)28(35)33-21(11-19-12-23(19)33)14-30-27(34)24-13-18-10-20(29)7-8-22(18)32(24)3/h4-10,13,19,21,23H,11-12,14H2,1-3H3,(H,30,34)/t19-,21+,23+/m1/s1. The number of amides is 2. The van der Waals surface area contributed by atoms with Crippen molar-refractivity contribution in [3.05, 3.63) is 76.3 Å². The van der Waals surface area contributed by atoms with Crippen molar-refractivity contribution < 1.29 is 14.0 Å². The first-order valence-electron chi connectivity index (χ1n) is 12.2. The third-order valence-corrected chi connectivity index (χ3v) is 8.42. The van der Waals surface area contributed by atoms with Gasteiger partial charge in [0, 0.05) is 30.5 Å². The van der Waals surface area contributed by atoms with Gasteiger partial charge >= 0.3 is 0 Å². The van der Waals surface area contributed by atoms with Crippen molar-refractivity contribution in [3.63, 3.8) is 0 Å². The maximum Gasteiger partial charge on any atom is 0.274 e. The molecule has 0 unspecified atom stereocenters. The molecule has 2 fully saturated rings. The van der Waals surface area contributed by atoms with Crippen LogP contribution in [0.2, 0.25) is 0 Å². The Balaban J connectivity index is 1.22. The van der Waals surface area contributed by atoms with E-state index >= 15 is 0 Å². The highest BCUT2D eigenvalue weighted by atomic mass is 32.1. The summed E-state index contributed by atoms with van der Waals surface area (Å²) >= 11 is 1.54. The molecule has 2 amide bonds. The molecule has 1 saturated carbocycles. The van der Waals surface area contributed by atoms with Gasteiger partial charge in [-0.2, -0.15) is 0 Å². The minimum absolute atomic E-state index is 0.0554. The van der Waals surface area contributed by atoms with Gasteiger partial charge in [0.15, 0.2) is 0 Å². The first kappa shape index (κ1) is 22.9. The Morgan fingerprint density at radius 2 is 1.97 bits per heavy atom. The Hall–Kier alpha value is -3.52. The number of halogens is 1. The van der Waals surface area contributed by atoms with E-state index in [-0.39, 0.29) is 29.7 Å². The molecule has 8 heteroatoms. The number of thiazole rings is 1. The molecule has 0 radical (unpaired) electrons. The maximum atomic E-state index is 13.8. The molecular weight excluding hydrogens is 475 g/mol. The molecule has 4 aromatic rings. The number of fused-ring (bicyclic) bond motifs is 2. The lowest BCUT2D eigenvalue weighted by Gasteiger charge is -2.27. The zero-order chi connectivity index (χ0) is 25.1. The van der Waals surface area contributed by atoms with Gasteiger partial charge in [-0.1, -0.05) is 29.8 Å². The summed E-state index contributed by atoms with van der Waals surface area (Å²) in [6.45, 7) is 4.34. The van der Waals surface area contributed by atoms with E-state index in [4.69, 9.17) is 0 Å². The fourth-order valence-electron chi connectivity index (χ4n) is 5.57. The summed E-state index contributed by atoms with van der Waals surface area (Å²) in [5.74, 6) is -0.132. The summed E-state index contributed by atoms with van der Waals surface area (Å²) in [4.78, 5) is 34.4. The fraction of sp³-hybridized carbons (Fsp3) is 0.321. The lowest BCUT2D eigenvalue weighted by molar-refractivity contribution is 0.0684. The number of hydrogen-bond acceptors (Lipinski definition) is 4. The third-order valence-electron chi connectivity index (χ3n) is 7.40. The zero-order valence-electron chi connectivity index (χ0n) is 20.4. The van der Waals surface area contributed by atoms with E-state index in [1.165, 1.54) is 12.1 Å². The number of carbonyl (C=O) groups excluding carboxylic acids is 2. The second kappa shape index (κ2) is 8.55. The number of piperidine rings is 1. The molecular formula is C28H27FN4O2S. The number of aromatic nitrogens is 2. The van der Waals surface area contributed by atoms with Crippen molar-refractivity contribution in [2.24, 2.45) is 13.0 Å². The number of rotatable bonds is 5.